The molecule has 0 amide bonds. The zero-order valence-corrected chi connectivity index (χ0v) is 9.25. The Bertz CT molecular complexity index is 668. The lowest BCUT2D eigenvalue weighted by atomic mass is 10.0. The Hall–Kier alpha value is -2.37. The molecule has 0 saturated carbocycles. The second-order valence-electron chi connectivity index (χ2n) is 3.72. The molecule has 19 heavy (non-hydrogen) atoms. The van der Waals surface area contributed by atoms with E-state index in [2.05, 4.69) is 0 Å². The number of benzene rings is 2. The first-order chi connectivity index (χ1) is 8.91. The monoisotopic (exact) mass is 270 g/mol. The molecule has 2 aromatic rings. The molecular weight excluding hydrogens is 264 g/mol. The fourth-order valence-electron chi connectivity index (χ4n) is 1.60. The first kappa shape index (κ1) is 13.1. The van der Waals surface area contributed by atoms with E-state index in [1.807, 2.05) is 0 Å². The summed E-state index contributed by atoms with van der Waals surface area (Å²) in [6, 6.07) is 4.39. The first-order valence-corrected chi connectivity index (χ1v) is 5.08. The average Bonchev–Trinajstić information content (AvgIpc) is 2.36. The lowest BCUT2D eigenvalue weighted by molar-refractivity contribution is 0.0690. The zero-order valence-electron chi connectivity index (χ0n) is 9.25. The van der Waals surface area contributed by atoms with Gasteiger partial charge in [0.05, 0.1) is 5.56 Å². The van der Waals surface area contributed by atoms with Crippen LogP contribution in [0.5, 0.6) is 0 Å². The maximum absolute atomic E-state index is 13.7. The van der Waals surface area contributed by atoms with Crippen LogP contribution in [0.25, 0.3) is 11.1 Å². The lowest BCUT2D eigenvalue weighted by Crippen LogP contribution is -2.04. The summed E-state index contributed by atoms with van der Waals surface area (Å²) >= 11 is 0. The molecule has 1 N–H and O–H groups in total. The molecule has 2 rings (SSSR count). The molecule has 2 aromatic carbocycles. The number of halogens is 4. The van der Waals surface area contributed by atoms with E-state index >= 15 is 0 Å². The standard InChI is InChI=1S/C13H6F4O2/c14-9-4-1-6(5-10(9)15)7-2-3-8(13(18)19)12(17)11(7)16/h1-5H,(H,18,19). The summed E-state index contributed by atoms with van der Waals surface area (Å²) in [7, 11) is 0. The number of aromatic carboxylic acids is 1. The van der Waals surface area contributed by atoms with Gasteiger partial charge in [-0.1, -0.05) is 12.1 Å². The summed E-state index contributed by atoms with van der Waals surface area (Å²) in [5.74, 6) is -6.92. The molecule has 0 spiro atoms. The van der Waals surface area contributed by atoms with Gasteiger partial charge in [-0.25, -0.2) is 22.4 Å². The van der Waals surface area contributed by atoms with Crippen molar-refractivity contribution in [1.82, 2.24) is 0 Å². The van der Waals surface area contributed by atoms with Crippen LogP contribution >= 0.6 is 0 Å². The SMILES string of the molecule is O=C(O)c1ccc(-c2ccc(F)c(F)c2)c(F)c1F. The highest BCUT2D eigenvalue weighted by Gasteiger charge is 2.19. The molecular formula is C13H6F4O2. The van der Waals surface area contributed by atoms with E-state index in [1.165, 1.54) is 0 Å². The quantitative estimate of drug-likeness (QED) is 0.846. The minimum absolute atomic E-state index is 0.0905. The maximum atomic E-state index is 13.7. The van der Waals surface area contributed by atoms with E-state index in [0.717, 1.165) is 24.3 Å². The highest BCUT2D eigenvalue weighted by molar-refractivity contribution is 5.88. The van der Waals surface area contributed by atoms with Crippen LogP contribution in [0.2, 0.25) is 0 Å². The second kappa shape index (κ2) is 4.72. The smallest absolute Gasteiger partial charge is 0.338 e. The predicted octanol–water partition coefficient (Wildman–Crippen LogP) is 3.61. The van der Waals surface area contributed by atoms with Crippen molar-refractivity contribution in [2.75, 3.05) is 0 Å². The van der Waals surface area contributed by atoms with Gasteiger partial charge in [-0.3, -0.25) is 0 Å². The van der Waals surface area contributed by atoms with Crippen molar-refractivity contribution in [1.29, 1.82) is 0 Å². The average molecular weight is 270 g/mol. The molecule has 0 fully saturated rings. The van der Waals surface area contributed by atoms with E-state index in [9.17, 15) is 22.4 Å². The van der Waals surface area contributed by atoms with E-state index in [-0.39, 0.29) is 11.1 Å². The van der Waals surface area contributed by atoms with Crippen LogP contribution in [-0.4, -0.2) is 11.1 Å². The normalized spacial score (nSPS) is 10.5. The Balaban J connectivity index is 2.60. The van der Waals surface area contributed by atoms with Crippen LogP contribution in [0.1, 0.15) is 10.4 Å². The summed E-state index contributed by atoms with van der Waals surface area (Å²) in [5.41, 5.74) is -1.27. The van der Waals surface area contributed by atoms with Crippen molar-refractivity contribution in [3.8, 4) is 11.1 Å². The molecule has 0 aromatic heterocycles. The minimum atomic E-state index is -1.62. The second-order valence-corrected chi connectivity index (χ2v) is 3.72. The molecule has 0 bridgehead atoms. The molecule has 0 radical (unpaired) electrons. The third kappa shape index (κ3) is 2.29. The highest BCUT2D eigenvalue weighted by Crippen LogP contribution is 2.27. The van der Waals surface area contributed by atoms with Crippen molar-refractivity contribution in [3.05, 3.63) is 59.2 Å². The molecule has 6 heteroatoms. The summed E-state index contributed by atoms with van der Waals surface area (Å²) in [6.45, 7) is 0. The highest BCUT2D eigenvalue weighted by atomic mass is 19.2. The predicted molar refractivity (Wildman–Crippen MR) is 58.7 cm³/mol. The van der Waals surface area contributed by atoms with Crippen molar-refractivity contribution in [2.24, 2.45) is 0 Å². The Morgan fingerprint density at radius 2 is 1.58 bits per heavy atom. The number of hydrogen-bond acceptors (Lipinski definition) is 1. The number of carboxylic acid groups (broad SMARTS) is 1. The topological polar surface area (TPSA) is 37.3 Å². The fourth-order valence-corrected chi connectivity index (χ4v) is 1.60. The van der Waals surface area contributed by atoms with Crippen LogP contribution in [0, 0.1) is 23.3 Å². The Morgan fingerprint density at radius 3 is 2.16 bits per heavy atom. The van der Waals surface area contributed by atoms with Crippen molar-refractivity contribution in [2.45, 2.75) is 0 Å². The molecule has 0 aliphatic carbocycles. The van der Waals surface area contributed by atoms with E-state index in [1.54, 1.807) is 0 Å². The van der Waals surface area contributed by atoms with Crippen molar-refractivity contribution in [3.63, 3.8) is 0 Å². The van der Waals surface area contributed by atoms with Crippen molar-refractivity contribution < 1.29 is 27.5 Å². The molecule has 0 saturated heterocycles. The van der Waals surface area contributed by atoms with Gasteiger partial charge in [0.15, 0.2) is 23.3 Å². The molecule has 0 atom stereocenters. The first-order valence-electron chi connectivity index (χ1n) is 5.08. The van der Waals surface area contributed by atoms with Gasteiger partial charge in [-0.2, -0.15) is 0 Å². The van der Waals surface area contributed by atoms with Gasteiger partial charge in [-0.05, 0) is 23.8 Å². The Kier molecular flexibility index (Phi) is 3.25. The van der Waals surface area contributed by atoms with Gasteiger partial charge in [-0.15, -0.1) is 0 Å². The van der Waals surface area contributed by atoms with Crippen LogP contribution in [0.3, 0.4) is 0 Å². The Labute approximate surface area is 104 Å². The van der Waals surface area contributed by atoms with Gasteiger partial charge in [0.25, 0.3) is 0 Å². The van der Waals surface area contributed by atoms with Gasteiger partial charge in [0.2, 0.25) is 0 Å². The van der Waals surface area contributed by atoms with Crippen LogP contribution < -0.4 is 0 Å². The van der Waals surface area contributed by atoms with Crippen LogP contribution in [0.4, 0.5) is 17.6 Å². The van der Waals surface area contributed by atoms with Crippen LogP contribution in [-0.2, 0) is 0 Å². The third-order valence-corrected chi connectivity index (χ3v) is 2.54. The zero-order chi connectivity index (χ0) is 14.2. The van der Waals surface area contributed by atoms with Gasteiger partial charge in [0.1, 0.15) is 0 Å². The molecule has 0 unspecified atom stereocenters. The number of rotatable bonds is 2. The van der Waals surface area contributed by atoms with Gasteiger partial charge in [0, 0.05) is 5.56 Å². The maximum Gasteiger partial charge on any atom is 0.338 e. The summed E-state index contributed by atoms with van der Waals surface area (Å²) in [5, 5.41) is 8.62. The fraction of sp³-hybridized carbons (Fsp3) is 0. The van der Waals surface area contributed by atoms with Crippen molar-refractivity contribution >= 4 is 5.97 Å². The molecule has 98 valence electrons. The third-order valence-electron chi connectivity index (χ3n) is 2.54. The van der Waals surface area contributed by atoms with E-state index < -0.39 is 34.8 Å². The Morgan fingerprint density at radius 1 is 0.895 bits per heavy atom. The van der Waals surface area contributed by atoms with E-state index in [0.29, 0.717) is 6.07 Å². The number of hydrogen-bond donors (Lipinski definition) is 1. The van der Waals surface area contributed by atoms with Gasteiger partial charge < -0.3 is 5.11 Å². The summed E-state index contributed by atoms with van der Waals surface area (Å²) < 4.78 is 52.9. The molecule has 0 aliphatic rings. The molecule has 0 heterocycles. The van der Waals surface area contributed by atoms with Crippen LogP contribution in [0.15, 0.2) is 30.3 Å². The minimum Gasteiger partial charge on any atom is -0.478 e. The number of carbonyl (C=O) groups is 1. The van der Waals surface area contributed by atoms with Gasteiger partial charge >= 0.3 is 5.97 Å². The summed E-state index contributed by atoms with van der Waals surface area (Å²) in [6.07, 6.45) is 0. The van der Waals surface area contributed by atoms with E-state index in [4.69, 9.17) is 5.11 Å². The molecule has 2 nitrogen and oxygen atoms in total. The number of carboxylic acids is 1. The molecule has 0 aliphatic heterocycles. The lowest BCUT2D eigenvalue weighted by Gasteiger charge is -2.06. The summed E-state index contributed by atoms with van der Waals surface area (Å²) in [4.78, 5) is 10.6. The largest absolute Gasteiger partial charge is 0.478 e.